The van der Waals surface area contributed by atoms with Gasteiger partial charge in [-0.3, -0.25) is 9.59 Å². The number of ether oxygens (including phenoxy) is 1. The molecule has 29 heavy (non-hydrogen) atoms. The van der Waals surface area contributed by atoms with E-state index in [2.05, 4.69) is 22.6 Å². The lowest BCUT2D eigenvalue weighted by Gasteiger charge is -2.35. The number of nitrogens with one attached hydrogen (secondary N) is 2. The van der Waals surface area contributed by atoms with E-state index in [1.807, 2.05) is 17.0 Å². The van der Waals surface area contributed by atoms with Gasteiger partial charge in [-0.05, 0) is 57.2 Å². The molecule has 7 nitrogen and oxygen atoms in total. The first-order valence-corrected chi connectivity index (χ1v) is 9.63. The van der Waals surface area contributed by atoms with Gasteiger partial charge in [-0.2, -0.15) is 0 Å². The van der Waals surface area contributed by atoms with Crippen LogP contribution in [-0.2, 0) is 9.53 Å². The van der Waals surface area contributed by atoms with Crippen LogP contribution >= 0.6 is 24.8 Å². The van der Waals surface area contributed by atoms with Gasteiger partial charge in [0.2, 0.25) is 5.91 Å². The van der Waals surface area contributed by atoms with Crippen molar-refractivity contribution in [3.05, 3.63) is 29.8 Å². The van der Waals surface area contributed by atoms with E-state index < -0.39 is 5.41 Å². The van der Waals surface area contributed by atoms with E-state index in [0.717, 1.165) is 52.1 Å². The van der Waals surface area contributed by atoms with Gasteiger partial charge < -0.3 is 25.2 Å². The Balaban J connectivity index is 0.00000210. The molecule has 3 rings (SSSR count). The van der Waals surface area contributed by atoms with E-state index in [1.54, 1.807) is 19.2 Å². The summed E-state index contributed by atoms with van der Waals surface area (Å²) in [4.78, 5) is 29.6. The van der Waals surface area contributed by atoms with E-state index in [0.29, 0.717) is 17.9 Å². The first kappa shape index (κ1) is 25.7. The van der Waals surface area contributed by atoms with Gasteiger partial charge in [-0.15, -0.1) is 24.8 Å². The molecule has 2 saturated heterocycles. The lowest BCUT2D eigenvalue weighted by Crippen LogP contribution is -2.47. The normalized spacial score (nSPS) is 18.9. The maximum Gasteiger partial charge on any atom is 0.253 e. The Hall–Kier alpha value is -1.38. The molecule has 2 fully saturated rings. The lowest BCUT2D eigenvalue weighted by molar-refractivity contribution is -0.130. The fraction of sp³-hybridized carbons (Fsp3) is 0.600. The molecule has 0 aliphatic carbocycles. The number of carbonyl (C=O) groups is 2. The molecule has 1 aromatic carbocycles. The number of amides is 2. The van der Waals surface area contributed by atoms with Crippen LogP contribution in [0.1, 0.15) is 23.2 Å². The van der Waals surface area contributed by atoms with Gasteiger partial charge >= 0.3 is 0 Å². The van der Waals surface area contributed by atoms with Crippen molar-refractivity contribution in [3.63, 3.8) is 0 Å². The predicted molar refractivity (Wildman–Crippen MR) is 119 cm³/mol. The van der Waals surface area contributed by atoms with Crippen molar-refractivity contribution in [3.8, 4) is 0 Å². The molecule has 2 N–H and O–H groups in total. The van der Waals surface area contributed by atoms with Crippen molar-refractivity contribution in [1.29, 1.82) is 0 Å². The highest BCUT2D eigenvalue weighted by molar-refractivity contribution is 5.97. The summed E-state index contributed by atoms with van der Waals surface area (Å²) in [5, 5.41) is 6.30. The van der Waals surface area contributed by atoms with E-state index in [4.69, 9.17) is 4.74 Å². The number of rotatable bonds is 5. The maximum atomic E-state index is 12.9. The molecule has 0 spiro atoms. The Labute approximate surface area is 185 Å². The third kappa shape index (κ3) is 6.30. The van der Waals surface area contributed by atoms with E-state index in [9.17, 15) is 9.59 Å². The van der Waals surface area contributed by atoms with Crippen molar-refractivity contribution < 1.29 is 14.3 Å². The van der Waals surface area contributed by atoms with Crippen LogP contribution in [0.25, 0.3) is 0 Å². The van der Waals surface area contributed by atoms with Crippen LogP contribution in [0.3, 0.4) is 0 Å². The van der Waals surface area contributed by atoms with Gasteiger partial charge in [0, 0.05) is 44.5 Å². The standard InChI is InChI=1S/C20H30N4O3.2ClH/c1-23-11-13-24(14-12-23)18(25)16-3-5-17(6-4-16)22-19(26)20(15-27-2)7-9-21-10-8-20;;/h3-6,21H,7-15H2,1-2H3,(H,22,26);2*1H. The third-order valence-corrected chi connectivity index (χ3v) is 5.64. The number of methoxy groups -OCH3 is 1. The fourth-order valence-corrected chi connectivity index (χ4v) is 3.77. The average Bonchev–Trinajstić information content (AvgIpc) is 2.69. The largest absolute Gasteiger partial charge is 0.384 e. The Morgan fingerprint density at radius 3 is 2.21 bits per heavy atom. The van der Waals surface area contributed by atoms with Gasteiger partial charge in [-0.25, -0.2) is 0 Å². The number of benzene rings is 1. The smallest absolute Gasteiger partial charge is 0.253 e. The molecular weight excluding hydrogens is 415 g/mol. The molecule has 2 heterocycles. The zero-order chi connectivity index (χ0) is 19.3. The summed E-state index contributed by atoms with van der Waals surface area (Å²) in [6, 6.07) is 7.20. The molecular formula is C20H32Cl2N4O3. The molecule has 0 radical (unpaired) electrons. The molecule has 164 valence electrons. The van der Waals surface area contributed by atoms with Gasteiger partial charge in [0.25, 0.3) is 5.91 Å². The lowest BCUT2D eigenvalue weighted by atomic mass is 9.78. The summed E-state index contributed by atoms with van der Waals surface area (Å²) >= 11 is 0. The van der Waals surface area contributed by atoms with E-state index in [-0.39, 0.29) is 36.6 Å². The van der Waals surface area contributed by atoms with Crippen LogP contribution in [0.5, 0.6) is 0 Å². The Morgan fingerprint density at radius 2 is 1.66 bits per heavy atom. The van der Waals surface area contributed by atoms with Crippen molar-refractivity contribution >= 4 is 42.3 Å². The topological polar surface area (TPSA) is 73.9 Å². The monoisotopic (exact) mass is 446 g/mol. The Kier molecular flexibility index (Phi) is 10.4. The van der Waals surface area contributed by atoms with Crippen molar-refractivity contribution in [2.75, 3.05) is 65.3 Å². The molecule has 2 aliphatic rings. The van der Waals surface area contributed by atoms with E-state index in [1.165, 1.54) is 0 Å². The maximum absolute atomic E-state index is 12.9. The van der Waals surface area contributed by atoms with Crippen LogP contribution in [0.4, 0.5) is 5.69 Å². The average molecular weight is 447 g/mol. The number of halogens is 2. The molecule has 2 amide bonds. The molecule has 0 saturated carbocycles. The van der Waals surface area contributed by atoms with Crippen LogP contribution in [0, 0.1) is 5.41 Å². The molecule has 0 bridgehead atoms. The van der Waals surface area contributed by atoms with Crippen LogP contribution in [-0.4, -0.2) is 81.6 Å². The Bertz CT molecular complexity index is 653. The second-order valence-electron chi connectivity index (χ2n) is 7.59. The molecule has 0 aromatic heterocycles. The Morgan fingerprint density at radius 1 is 1.07 bits per heavy atom. The molecule has 2 aliphatic heterocycles. The number of piperidine rings is 1. The highest BCUT2D eigenvalue weighted by atomic mass is 35.5. The molecule has 1 aromatic rings. The first-order valence-electron chi connectivity index (χ1n) is 9.63. The van der Waals surface area contributed by atoms with Gasteiger partial charge in [-0.1, -0.05) is 0 Å². The highest BCUT2D eigenvalue weighted by Crippen LogP contribution is 2.31. The van der Waals surface area contributed by atoms with Gasteiger partial charge in [0.05, 0.1) is 12.0 Å². The summed E-state index contributed by atoms with van der Waals surface area (Å²) in [5.74, 6) is 0.0409. The number of hydrogen-bond donors (Lipinski definition) is 2. The number of piperazine rings is 1. The summed E-state index contributed by atoms with van der Waals surface area (Å²) in [6.07, 6.45) is 1.51. The van der Waals surface area contributed by atoms with Crippen LogP contribution < -0.4 is 10.6 Å². The third-order valence-electron chi connectivity index (χ3n) is 5.64. The zero-order valence-electron chi connectivity index (χ0n) is 17.1. The zero-order valence-corrected chi connectivity index (χ0v) is 18.7. The second kappa shape index (κ2) is 11.7. The van der Waals surface area contributed by atoms with Crippen molar-refractivity contribution in [2.24, 2.45) is 5.41 Å². The number of hydrogen-bond acceptors (Lipinski definition) is 5. The molecule has 0 unspecified atom stereocenters. The minimum Gasteiger partial charge on any atom is -0.384 e. The molecule has 0 atom stereocenters. The number of nitrogens with zero attached hydrogens (tertiary/aromatic N) is 2. The minimum absolute atomic E-state index is 0. The summed E-state index contributed by atoms with van der Waals surface area (Å²) in [5.41, 5.74) is 0.879. The number of carbonyl (C=O) groups excluding carboxylic acids is 2. The van der Waals surface area contributed by atoms with E-state index >= 15 is 0 Å². The van der Waals surface area contributed by atoms with Crippen molar-refractivity contribution in [1.82, 2.24) is 15.1 Å². The fourth-order valence-electron chi connectivity index (χ4n) is 3.77. The van der Waals surface area contributed by atoms with Crippen LogP contribution in [0.2, 0.25) is 0 Å². The minimum atomic E-state index is -0.492. The highest BCUT2D eigenvalue weighted by Gasteiger charge is 2.39. The summed E-state index contributed by atoms with van der Waals surface area (Å²) < 4.78 is 5.33. The van der Waals surface area contributed by atoms with Crippen LogP contribution in [0.15, 0.2) is 24.3 Å². The van der Waals surface area contributed by atoms with Crippen molar-refractivity contribution in [2.45, 2.75) is 12.8 Å². The second-order valence-corrected chi connectivity index (χ2v) is 7.59. The number of anilines is 1. The quantitative estimate of drug-likeness (QED) is 0.721. The predicted octanol–water partition coefficient (Wildman–Crippen LogP) is 1.87. The SMILES string of the molecule is COCC1(C(=O)Nc2ccc(C(=O)N3CCN(C)CC3)cc2)CCNCC1.Cl.Cl. The number of likely N-dealkylation sites (N-methyl/N-ethyl adjacent to an activating group) is 1. The summed E-state index contributed by atoms with van der Waals surface area (Å²) in [7, 11) is 3.70. The van der Waals surface area contributed by atoms with Gasteiger partial charge in [0.1, 0.15) is 0 Å². The van der Waals surface area contributed by atoms with Gasteiger partial charge in [0.15, 0.2) is 0 Å². The summed E-state index contributed by atoms with van der Waals surface area (Å²) in [6.45, 7) is 5.35. The molecule has 9 heteroatoms. The first-order chi connectivity index (χ1) is 13.0.